The van der Waals surface area contributed by atoms with Crippen LogP contribution >= 0.6 is 0 Å². The van der Waals surface area contributed by atoms with Gasteiger partial charge in [0.15, 0.2) is 0 Å². The summed E-state index contributed by atoms with van der Waals surface area (Å²) in [7, 11) is 3.51. The van der Waals surface area contributed by atoms with E-state index >= 15 is 0 Å². The zero-order valence-corrected chi connectivity index (χ0v) is 13.6. The molecule has 0 spiro atoms. The van der Waals surface area contributed by atoms with Crippen molar-refractivity contribution in [3.05, 3.63) is 24.3 Å². The highest BCUT2D eigenvalue weighted by molar-refractivity contribution is 5.94. The van der Waals surface area contributed by atoms with Crippen LogP contribution in [0.25, 0.3) is 0 Å². The maximum Gasteiger partial charge on any atom is 0.241 e. The summed E-state index contributed by atoms with van der Waals surface area (Å²) < 4.78 is 5.10. The summed E-state index contributed by atoms with van der Waals surface area (Å²) in [5.74, 6) is 1.14. The zero-order valence-electron chi connectivity index (χ0n) is 13.6. The van der Waals surface area contributed by atoms with Gasteiger partial charge in [-0.05, 0) is 56.5 Å². The lowest BCUT2D eigenvalue weighted by molar-refractivity contribution is -0.121. The van der Waals surface area contributed by atoms with Gasteiger partial charge < -0.3 is 15.2 Å². The molecule has 5 nitrogen and oxygen atoms in total. The highest BCUT2D eigenvalue weighted by atomic mass is 16.5. The second-order valence-electron chi connectivity index (χ2n) is 5.99. The molecule has 0 aliphatic heterocycles. The van der Waals surface area contributed by atoms with Crippen molar-refractivity contribution in [2.45, 2.75) is 38.3 Å². The number of nitrogens with zero attached hydrogens (tertiary/aromatic N) is 1. The Bertz CT molecular complexity index is 485. The molecule has 1 amide bonds. The first-order valence-electron chi connectivity index (χ1n) is 7.88. The van der Waals surface area contributed by atoms with Crippen LogP contribution in [0.2, 0.25) is 0 Å². The number of likely N-dealkylation sites (N-methyl/N-ethyl adjacent to an activating group) is 1. The van der Waals surface area contributed by atoms with Gasteiger partial charge in [0, 0.05) is 12.2 Å². The summed E-state index contributed by atoms with van der Waals surface area (Å²) in [6, 6.07) is 7.04. The molecule has 1 aromatic rings. The van der Waals surface area contributed by atoms with Gasteiger partial charge in [-0.25, -0.2) is 0 Å². The van der Waals surface area contributed by atoms with Crippen LogP contribution in [0.15, 0.2) is 24.3 Å². The van der Waals surface area contributed by atoms with Crippen LogP contribution in [-0.4, -0.2) is 48.8 Å². The molecule has 0 heterocycles. The van der Waals surface area contributed by atoms with E-state index in [2.05, 4.69) is 5.32 Å². The largest absolute Gasteiger partial charge is 0.497 e. The molecule has 22 heavy (non-hydrogen) atoms. The van der Waals surface area contributed by atoms with E-state index in [1.54, 1.807) is 7.11 Å². The van der Waals surface area contributed by atoms with Crippen LogP contribution < -0.4 is 10.1 Å². The number of hydrogen-bond acceptors (Lipinski definition) is 4. The molecule has 1 aliphatic rings. The SMILES string of the molecule is CCC(C(=O)Nc1ccc(OC)cc1)N(C)CC(O)C1CC1. The third kappa shape index (κ3) is 4.45. The van der Waals surface area contributed by atoms with Crippen molar-refractivity contribution < 1.29 is 14.6 Å². The van der Waals surface area contributed by atoms with E-state index in [1.165, 1.54) is 0 Å². The number of amides is 1. The zero-order chi connectivity index (χ0) is 16.1. The van der Waals surface area contributed by atoms with Crippen molar-refractivity contribution in [3.8, 4) is 5.75 Å². The maximum atomic E-state index is 12.4. The first kappa shape index (κ1) is 16.8. The number of methoxy groups -OCH3 is 1. The summed E-state index contributed by atoms with van der Waals surface area (Å²) in [5, 5.41) is 13.0. The van der Waals surface area contributed by atoms with E-state index in [-0.39, 0.29) is 18.1 Å². The van der Waals surface area contributed by atoms with Gasteiger partial charge in [-0.15, -0.1) is 0 Å². The summed E-state index contributed by atoms with van der Waals surface area (Å²) >= 11 is 0. The molecule has 0 bridgehead atoms. The number of rotatable bonds is 8. The monoisotopic (exact) mass is 306 g/mol. The van der Waals surface area contributed by atoms with E-state index in [0.717, 1.165) is 24.3 Å². The van der Waals surface area contributed by atoms with Crippen LogP contribution in [0.1, 0.15) is 26.2 Å². The fourth-order valence-electron chi connectivity index (χ4n) is 2.65. The van der Waals surface area contributed by atoms with Gasteiger partial charge in [0.25, 0.3) is 0 Å². The van der Waals surface area contributed by atoms with Crippen molar-refractivity contribution in [1.29, 1.82) is 0 Å². The number of anilines is 1. The smallest absolute Gasteiger partial charge is 0.241 e. The summed E-state index contributed by atoms with van der Waals surface area (Å²) in [4.78, 5) is 14.4. The number of carbonyl (C=O) groups excluding carboxylic acids is 1. The van der Waals surface area contributed by atoms with E-state index in [4.69, 9.17) is 4.74 Å². The molecule has 1 aliphatic carbocycles. The topological polar surface area (TPSA) is 61.8 Å². The highest BCUT2D eigenvalue weighted by Crippen LogP contribution is 2.33. The Morgan fingerprint density at radius 2 is 2.05 bits per heavy atom. The third-order valence-corrected chi connectivity index (χ3v) is 4.22. The molecular formula is C17H26N2O3. The number of aliphatic hydroxyl groups is 1. The van der Waals surface area contributed by atoms with Crippen molar-refractivity contribution in [3.63, 3.8) is 0 Å². The number of hydrogen-bond donors (Lipinski definition) is 2. The average molecular weight is 306 g/mol. The number of aliphatic hydroxyl groups excluding tert-OH is 1. The summed E-state index contributed by atoms with van der Waals surface area (Å²) in [6.07, 6.45) is 2.58. The molecule has 122 valence electrons. The van der Waals surface area contributed by atoms with E-state index in [9.17, 15) is 9.90 Å². The molecular weight excluding hydrogens is 280 g/mol. The first-order chi connectivity index (χ1) is 10.5. The van der Waals surface area contributed by atoms with Crippen LogP contribution in [0, 0.1) is 5.92 Å². The van der Waals surface area contributed by atoms with Crippen molar-refractivity contribution >= 4 is 11.6 Å². The minimum absolute atomic E-state index is 0.0434. The number of ether oxygens (including phenoxy) is 1. The molecule has 0 radical (unpaired) electrons. The highest BCUT2D eigenvalue weighted by Gasteiger charge is 2.32. The lowest BCUT2D eigenvalue weighted by Gasteiger charge is -2.28. The maximum absolute atomic E-state index is 12.4. The number of nitrogens with one attached hydrogen (secondary N) is 1. The Hall–Kier alpha value is -1.59. The van der Waals surface area contributed by atoms with Gasteiger partial charge in [-0.2, -0.15) is 0 Å². The van der Waals surface area contributed by atoms with Gasteiger partial charge in [-0.3, -0.25) is 9.69 Å². The van der Waals surface area contributed by atoms with Gasteiger partial charge in [0.1, 0.15) is 5.75 Å². The van der Waals surface area contributed by atoms with Crippen LogP contribution in [0.3, 0.4) is 0 Å². The minimum atomic E-state index is -0.326. The van der Waals surface area contributed by atoms with Crippen molar-refractivity contribution in [2.24, 2.45) is 5.92 Å². The standard InChI is InChI=1S/C17H26N2O3/c1-4-15(19(2)11-16(20)12-5-6-12)17(21)18-13-7-9-14(22-3)10-8-13/h7-10,12,15-16,20H,4-6,11H2,1-3H3,(H,18,21). The Morgan fingerprint density at radius 3 is 2.55 bits per heavy atom. The third-order valence-electron chi connectivity index (χ3n) is 4.22. The predicted octanol–water partition coefficient (Wildman–Crippen LogP) is 2.12. The second kappa shape index (κ2) is 7.61. The lowest BCUT2D eigenvalue weighted by atomic mass is 10.1. The van der Waals surface area contributed by atoms with Gasteiger partial charge in [0.2, 0.25) is 5.91 Å². The molecule has 2 unspecified atom stereocenters. The minimum Gasteiger partial charge on any atom is -0.497 e. The summed E-state index contributed by atoms with van der Waals surface area (Å²) in [6.45, 7) is 2.53. The summed E-state index contributed by atoms with van der Waals surface area (Å²) in [5.41, 5.74) is 0.750. The number of benzene rings is 1. The second-order valence-corrected chi connectivity index (χ2v) is 5.99. The van der Waals surface area contributed by atoms with E-state index in [0.29, 0.717) is 18.9 Å². The van der Waals surface area contributed by atoms with Gasteiger partial charge in [0.05, 0.1) is 19.3 Å². The van der Waals surface area contributed by atoms with Crippen LogP contribution in [-0.2, 0) is 4.79 Å². The quantitative estimate of drug-likeness (QED) is 0.772. The van der Waals surface area contributed by atoms with Crippen LogP contribution in [0.5, 0.6) is 5.75 Å². The molecule has 2 N–H and O–H groups in total. The predicted molar refractivity (Wildman–Crippen MR) is 87.1 cm³/mol. The van der Waals surface area contributed by atoms with E-state index < -0.39 is 0 Å². The molecule has 0 saturated heterocycles. The van der Waals surface area contributed by atoms with Gasteiger partial charge >= 0.3 is 0 Å². The normalized spacial score (nSPS) is 17.1. The molecule has 1 aromatic carbocycles. The van der Waals surface area contributed by atoms with Gasteiger partial charge in [-0.1, -0.05) is 6.92 Å². The first-order valence-corrected chi connectivity index (χ1v) is 7.88. The fraction of sp³-hybridized carbons (Fsp3) is 0.588. The lowest BCUT2D eigenvalue weighted by Crippen LogP contribution is -2.45. The Balaban J connectivity index is 1.91. The fourth-order valence-corrected chi connectivity index (χ4v) is 2.65. The molecule has 2 atom stereocenters. The Morgan fingerprint density at radius 1 is 1.41 bits per heavy atom. The Kier molecular flexibility index (Phi) is 5.80. The molecule has 1 fully saturated rings. The van der Waals surface area contributed by atoms with E-state index in [1.807, 2.05) is 43.1 Å². The van der Waals surface area contributed by atoms with Crippen LogP contribution in [0.4, 0.5) is 5.69 Å². The molecule has 5 heteroatoms. The average Bonchev–Trinajstić information content (AvgIpc) is 3.33. The van der Waals surface area contributed by atoms with Crippen molar-refractivity contribution in [2.75, 3.05) is 26.0 Å². The molecule has 1 saturated carbocycles. The Labute approximate surface area is 132 Å². The molecule has 2 rings (SSSR count). The number of carbonyl (C=O) groups is 1. The molecule has 0 aromatic heterocycles. The van der Waals surface area contributed by atoms with Crippen molar-refractivity contribution in [1.82, 2.24) is 4.90 Å².